The molecule has 10 nitrogen and oxygen atoms in total. The second-order valence-electron chi connectivity index (χ2n) is 6.61. The Bertz CT molecular complexity index is 1220. The average molecular weight is 460 g/mol. The number of benzene rings is 1. The van der Waals surface area contributed by atoms with E-state index in [1.54, 1.807) is 18.2 Å². The molecule has 0 radical (unpaired) electrons. The van der Waals surface area contributed by atoms with Crippen LogP contribution in [0.2, 0.25) is 0 Å². The Labute approximate surface area is 184 Å². The topological polar surface area (TPSA) is 126 Å². The Balaban J connectivity index is 2.01. The number of hydrogen-bond acceptors (Lipinski definition) is 8. The van der Waals surface area contributed by atoms with Crippen LogP contribution in [0, 0.1) is 5.82 Å². The van der Waals surface area contributed by atoms with Gasteiger partial charge in [0, 0.05) is 31.2 Å². The van der Waals surface area contributed by atoms with Gasteiger partial charge in [0.25, 0.3) is 5.91 Å². The van der Waals surface area contributed by atoms with Crippen molar-refractivity contribution in [2.75, 3.05) is 35.4 Å². The molecule has 0 bridgehead atoms. The Morgan fingerprint density at radius 3 is 2.47 bits per heavy atom. The average Bonchev–Trinajstić information content (AvgIpc) is 2.75. The number of carbonyl (C=O) groups is 1. The number of aromatic nitrogens is 2. The van der Waals surface area contributed by atoms with Gasteiger partial charge in [0.05, 0.1) is 30.3 Å². The largest absolute Gasteiger partial charge is 0.352 e. The van der Waals surface area contributed by atoms with E-state index in [4.69, 9.17) is 4.84 Å². The van der Waals surface area contributed by atoms with Crippen molar-refractivity contribution in [3.05, 3.63) is 66.2 Å². The first kappa shape index (κ1) is 22.9. The summed E-state index contributed by atoms with van der Waals surface area (Å²) in [6, 6.07) is 10.5. The molecule has 1 aromatic carbocycles. The van der Waals surface area contributed by atoms with Gasteiger partial charge in [-0.2, -0.15) is 0 Å². The highest BCUT2D eigenvalue weighted by atomic mass is 32.2. The van der Waals surface area contributed by atoms with Gasteiger partial charge in [0.1, 0.15) is 11.6 Å². The van der Waals surface area contributed by atoms with Gasteiger partial charge in [-0.3, -0.25) is 13.9 Å². The second kappa shape index (κ2) is 9.58. The molecule has 3 aromatic rings. The molecule has 32 heavy (non-hydrogen) atoms. The zero-order chi connectivity index (χ0) is 23.3. The van der Waals surface area contributed by atoms with Gasteiger partial charge < -0.3 is 10.6 Å². The maximum Gasteiger partial charge on any atom is 0.278 e. The molecular weight excluding hydrogens is 439 g/mol. The van der Waals surface area contributed by atoms with Crippen LogP contribution in [0.4, 0.5) is 33.1 Å². The van der Waals surface area contributed by atoms with Crippen molar-refractivity contribution in [1.29, 1.82) is 0 Å². The van der Waals surface area contributed by atoms with Gasteiger partial charge in [-0.1, -0.05) is 0 Å². The zero-order valence-corrected chi connectivity index (χ0v) is 18.3. The third-order valence-electron chi connectivity index (χ3n) is 4.31. The standard InChI is InChI=1S/C20H21FN6O4S/c1-27(32(3,29)30)19-16(5-4-10-22-19)25-17-11-18(23-12-15(17)20(28)26-31-2)24-14-8-6-13(21)7-9-14/h4-12H,1-3H3,(H,26,28)(H2,23,24,25). The fraction of sp³-hybridized carbons (Fsp3) is 0.150. The van der Waals surface area contributed by atoms with Crippen molar-refractivity contribution in [3.8, 4) is 0 Å². The van der Waals surface area contributed by atoms with Crippen molar-refractivity contribution in [2.45, 2.75) is 0 Å². The Hall–Kier alpha value is -3.77. The molecule has 1 amide bonds. The third-order valence-corrected chi connectivity index (χ3v) is 5.48. The predicted octanol–water partition coefficient (Wildman–Crippen LogP) is 2.79. The van der Waals surface area contributed by atoms with Crippen molar-refractivity contribution >= 4 is 44.6 Å². The van der Waals surface area contributed by atoms with E-state index in [0.717, 1.165) is 10.6 Å². The lowest BCUT2D eigenvalue weighted by atomic mass is 10.2. The van der Waals surface area contributed by atoms with Crippen LogP contribution in [0.15, 0.2) is 54.9 Å². The number of nitrogens with one attached hydrogen (secondary N) is 3. The molecular formula is C20H21FN6O4S. The van der Waals surface area contributed by atoms with Gasteiger partial charge >= 0.3 is 0 Å². The monoisotopic (exact) mass is 460 g/mol. The fourth-order valence-corrected chi connectivity index (χ4v) is 3.14. The molecule has 0 fully saturated rings. The fourth-order valence-electron chi connectivity index (χ4n) is 2.68. The molecule has 0 aliphatic heterocycles. The number of pyridine rings is 2. The minimum absolute atomic E-state index is 0.133. The van der Waals surface area contributed by atoms with Crippen LogP contribution in [-0.4, -0.2) is 44.7 Å². The number of carbonyl (C=O) groups excluding carboxylic acids is 1. The molecule has 0 saturated carbocycles. The quantitative estimate of drug-likeness (QED) is 0.438. The Morgan fingerprint density at radius 1 is 1.09 bits per heavy atom. The highest BCUT2D eigenvalue weighted by Gasteiger charge is 2.20. The van der Waals surface area contributed by atoms with E-state index in [9.17, 15) is 17.6 Å². The van der Waals surface area contributed by atoms with E-state index in [1.807, 2.05) is 0 Å². The van der Waals surface area contributed by atoms with Crippen LogP contribution in [-0.2, 0) is 14.9 Å². The van der Waals surface area contributed by atoms with Crippen LogP contribution in [0.3, 0.4) is 0 Å². The summed E-state index contributed by atoms with van der Waals surface area (Å²) < 4.78 is 38.2. The first-order valence-electron chi connectivity index (χ1n) is 9.21. The van der Waals surface area contributed by atoms with Crippen LogP contribution >= 0.6 is 0 Å². The molecule has 2 heterocycles. The minimum atomic E-state index is -3.58. The van der Waals surface area contributed by atoms with Crippen molar-refractivity contribution < 1.29 is 22.4 Å². The number of amides is 1. The van der Waals surface area contributed by atoms with E-state index in [0.29, 0.717) is 22.9 Å². The lowest BCUT2D eigenvalue weighted by molar-refractivity contribution is 0.0538. The molecule has 3 N–H and O–H groups in total. The van der Waals surface area contributed by atoms with Crippen LogP contribution in [0.25, 0.3) is 0 Å². The summed E-state index contributed by atoms with van der Waals surface area (Å²) in [4.78, 5) is 25.5. The number of halogens is 1. The van der Waals surface area contributed by atoms with Gasteiger partial charge in [-0.15, -0.1) is 0 Å². The summed E-state index contributed by atoms with van der Waals surface area (Å²) in [6.07, 6.45) is 3.83. The van der Waals surface area contributed by atoms with Crippen molar-refractivity contribution in [2.24, 2.45) is 0 Å². The first-order valence-corrected chi connectivity index (χ1v) is 11.1. The third kappa shape index (κ3) is 5.47. The highest BCUT2D eigenvalue weighted by molar-refractivity contribution is 7.92. The van der Waals surface area contributed by atoms with Crippen LogP contribution < -0.4 is 20.4 Å². The van der Waals surface area contributed by atoms with E-state index >= 15 is 0 Å². The van der Waals surface area contributed by atoms with Gasteiger partial charge in [0.2, 0.25) is 10.0 Å². The summed E-state index contributed by atoms with van der Waals surface area (Å²) in [5.41, 5.74) is 3.58. The molecule has 0 spiro atoms. The number of hydrogen-bond donors (Lipinski definition) is 3. The SMILES string of the molecule is CONC(=O)c1cnc(Nc2ccc(F)cc2)cc1Nc1cccnc1N(C)S(C)(=O)=O. The predicted molar refractivity (Wildman–Crippen MR) is 119 cm³/mol. The summed E-state index contributed by atoms with van der Waals surface area (Å²) in [7, 11) is -0.917. The molecule has 0 aliphatic rings. The van der Waals surface area contributed by atoms with E-state index in [1.165, 1.54) is 50.8 Å². The lowest BCUT2D eigenvalue weighted by Crippen LogP contribution is -2.27. The van der Waals surface area contributed by atoms with E-state index in [-0.39, 0.29) is 17.2 Å². The molecule has 0 saturated heterocycles. The number of sulfonamides is 1. The molecule has 3 rings (SSSR count). The lowest BCUT2D eigenvalue weighted by Gasteiger charge is -2.20. The van der Waals surface area contributed by atoms with Gasteiger partial charge in [-0.05, 0) is 36.4 Å². The smallest absolute Gasteiger partial charge is 0.278 e. The van der Waals surface area contributed by atoms with Crippen molar-refractivity contribution in [3.63, 3.8) is 0 Å². The molecule has 168 valence electrons. The van der Waals surface area contributed by atoms with E-state index in [2.05, 4.69) is 26.1 Å². The zero-order valence-electron chi connectivity index (χ0n) is 17.5. The minimum Gasteiger partial charge on any atom is -0.352 e. The normalized spacial score (nSPS) is 11.0. The molecule has 0 aliphatic carbocycles. The maximum atomic E-state index is 13.2. The Morgan fingerprint density at radius 2 is 1.81 bits per heavy atom. The molecule has 12 heteroatoms. The number of rotatable bonds is 8. The summed E-state index contributed by atoms with van der Waals surface area (Å²) in [6.45, 7) is 0. The maximum absolute atomic E-state index is 13.2. The van der Waals surface area contributed by atoms with Gasteiger partial charge in [0.15, 0.2) is 5.82 Å². The summed E-state index contributed by atoms with van der Waals surface area (Å²) in [5.74, 6) is -0.456. The van der Waals surface area contributed by atoms with Crippen molar-refractivity contribution in [1.82, 2.24) is 15.4 Å². The summed E-state index contributed by atoms with van der Waals surface area (Å²) in [5, 5.41) is 6.06. The van der Waals surface area contributed by atoms with Crippen LogP contribution in [0.5, 0.6) is 0 Å². The summed E-state index contributed by atoms with van der Waals surface area (Å²) >= 11 is 0. The number of hydroxylamine groups is 1. The molecule has 0 atom stereocenters. The Kier molecular flexibility index (Phi) is 6.85. The van der Waals surface area contributed by atoms with Crippen LogP contribution in [0.1, 0.15) is 10.4 Å². The number of anilines is 5. The molecule has 2 aromatic heterocycles. The highest BCUT2D eigenvalue weighted by Crippen LogP contribution is 2.30. The number of nitrogens with zero attached hydrogens (tertiary/aromatic N) is 3. The van der Waals surface area contributed by atoms with Gasteiger partial charge in [-0.25, -0.2) is 28.3 Å². The first-order chi connectivity index (χ1) is 15.2. The molecule has 0 unspecified atom stereocenters. The van der Waals surface area contributed by atoms with E-state index < -0.39 is 15.9 Å². The second-order valence-corrected chi connectivity index (χ2v) is 8.63.